The smallest absolute Gasteiger partial charge is 0.243 e. The molecular formula is C22H30N2O4S. The van der Waals surface area contributed by atoms with E-state index in [1.54, 1.807) is 36.4 Å². The number of sulfonamides is 1. The maximum absolute atomic E-state index is 13.1. The van der Waals surface area contributed by atoms with E-state index in [-0.39, 0.29) is 23.4 Å². The number of carbonyl (C=O) groups excluding carboxylic acids is 1. The molecule has 1 amide bonds. The van der Waals surface area contributed by atoms with E-state index in [1.165, 1.54) is 11.4 Å². The number of rotatable bonds is 8. The third-order valence-electron chi connectivity index (χ3n) is 4.53. The van der Waals surface area contributed by atoms with Crippen molar-refractivity contribution in [1.82, 2.24) is 4.31 Å². The second-order valence-electron chi connectivity index (χ2n) is 7.86. The van der Waals surface area contributed by atoms with Gasteiger partial charge in [-0.15, -0.1) is 0 Å². The number of ether oxygens (including phenoxy) is 1. The zero-order chi connectivity index (χ0) is 21.7. The monoisotopic (exact) mass is 418 g/mol. The molecule has 0 bridgehead atoms. The molecule has 158 valence electrons. The van der Waals surface area contributed by atoms with Crippen LogP contribution in [-0.4, -0.2) is 38.8 Å². The van der Waals surface area contributed by atoms with Crippen molar-refractivity contribution in [2.45, 2.75) is 44.4 Å². The molecule has 0 aromatic heterocycles. The van der Waals surface area contributed by atoms with Gasteiger partial charge in [-0.05, 0) is 41.7 Å². The van der Waals surface area contributed by atoms with Crippen LogP contribution in [0.5, 0.6) is 5.75 Å². The van der Waals surface area contributed by atoms with Gasteiger partial charge in [-0.3, -0.25) is 4.79 Å². The average molecular weight is 419 g/mol. The van der Waals surface area contributed by atoms with Gasteiger partial charge in [0.05, 0.1) is 24.2 Å². The van der Waals surface area contributed by atoms with Crippen molar-refractivity contribution in [1.29, 1.82) is 0 Å². The summed E-state index contributed by atoms with van der Waals surface area (Å²) in [5.41, 5.74) is 1.48. The minimum atomic E-state index is -3.79. The molecule has 2 aromatic rings. The Morgan fingerprint density at radius 1 is 1.07 bits per heavy atom. The normalized spacial score (nSPS) is 12.1. The van der Waals surface area contributed by atoms with Crippen LogP contribution in [-0.2, 0) is 20.2 Å². The molecule has 0 aliphatic rings. The third kappa shape index (κ3) is 5.81. The molecule has 0 saturated carbocycles. The van der Waals surface area contributed by atoms with Gasteiger partial charge in [-0.1, -0.05) is 52.0 Å². The van der Waals surface area contributed by atoms with Crippen molar-refractivity contribution in [2.75, 3.05) is 25.5 Å². The Bertz CT molecular complexity index is 932. The van der Waals surface area contributed by atoms with Crippen molar-refractivity contribution in [3.63, 3.8) is 0 Å². The van der Waals surface area contributed by atoms with Crippen molar-refractivity contribution >= 4 is 21.6 Å². The first kappa shape index (κ1) is 22.9. The second-order valence-corrected chi connectivity index (χ2v) is 9.80. The lowest BCUT2D eigenvalue weighted by molar-refractivity contribution is -0.116. The van der Waals surface area contributed by atoms with Crippen LogP contribution < -0.4 is 10.1 Å². The zero-order valence-corrected chi connectivity index (χ0v) is 18.5. The van der Waals surface area contributed by atoms with E-state index >= 15 is 0 Å². The van der Waals surface area contributed by atoms with Gasteiger partial charge in [0.15, 0.2) is 0 Å². The number of benzene rings is 2. The van der Waals surface area contributed by atoms with Crippen LogP contribution in [0.3, 0.4) is 0 Å². The molecule has 0 aliphatic heterocycles. The van der Waals surface area contributed by atoms with Gasteiger partial charge in [0.1, 0.15) is 5.75 Å². The summed E-state index contributed by atoms with van der Waals surface area (Å²) in [6.07, 6.45) is 0.598. The highest BCUT2D eigenvalue weighted by Crippen LogP contribution is 2.25. The molecule has 2 rings (SSSR count). The van der Waals surface area contributed by atoms with E-state index in [0.717, 1.165) is 5.56 Å². The molecule has 0 heterocycles. The Balaban J connectivity index is 2.22. The first-order valence-electron chi connectivity index (χ1n) is 9.63. The highest BCUT2D eigenvalue weighted by molar-refractivity contribution is 7.89. The standard InChI is InChI=1S/C22H30N2O4S/c1-6-15-24(16-21(25)23-19-9-7-8-10-20(19)28-5)29(26,27)18-13-11-17(12-14-18)22(2,3)4/h7-14H,6,15-16H2,1-5H3,(H,23,25). The SMILES string of the molecule is CCCN(CC(=O)Nc1ccccc1OC)S(=O)(=O)c1ccc(C(C)(C)C)cc1. The van der Waals surface area contributed by atoms with Crippen molar-refractivity contribution < 1.29 is 17.9 Å². The molecule has 0 radical (unpaired) electrons. The Morgan fingerprint density at radius 3 is 2.24 bits per heavy atom. The predicted molar refractivity (Wildman–Crippen MR) is 116 cm³/mol. The van der Waals surface area contributed by atoms with Crippen molar-refractivity contribution in [3.05, 3.63) is 54.1 Å². The Hall–Kier alpha value is -2.38. The van der Waals surface area contributed by atoms with E-state index in [9.17, 15) is 13.2 Å². The fourth-order valence-corrected chi connectivity index (χ4v) is 4.40. The minimum absolute atomic E-state index is 0.0694. The van der Waals surface area contributed by atoms with Crippen LogP contribution in [0.2, 0.25) is 0 Å². The zero-order valence-electron chi connectivity index (χ0n) is 17.7. The van der Waals surface area contributed by atoms with Gasteiger partial charge in [-0.2, -0.15) is 4.31 Å². The van der Waals surface area contributed by atoms with Crippen LogP contribution in [0, 0.1) is 0 Å². The van der Waals surface area contributed by atoms with Gasteiger partial charge in [-0.25, -0.2) is 8.42 Å². The number of anilines is 1. The topological polar surface area (TPSA) is 75.7 Å². The number of amides is 1. The summed E-state index contributed by atoms with van der Waals surface area (Å²) in [5, 5.41) is 2.73. The molecule has 0 aliphatic carbocycles. The number of hydrogen-bond acceptors (Lipinski definition) is 4. The molecule has 0 atom stereocenters. The van der Waals surface area contributed by atoms with Crippen LogP contribution >= 0.6 is 0 Å². The third-order valence-corrected chi connectivity index (χ3v) is 6.39. The van der Waals surface area contributed by atoms with Crippen LogP contribution in [0.4, 0.5) is 5.69 Å². The van der Waals surface area contributed by atoms with Gasteiger partial charge in [0.2, 0.25) is 15.9 Å². The number of carbonyl (C=O) groups is 1. The first-order valence-corrected chi connectivity index (χ1v) is 11.1. The van der Waals surface area contributed by atoms with Gasteiger partial charge in [0.25, 0.3) is 0 Å². The maximum atomic E-state index is 13.1. The fraction of sp³-hybridized carbons (Fsp3) is 0.409. The molecule has 0 spiro atoms. The van der Waals surface area contributed by atoms with Gasteiger partial charge < -0.3 is 10.1 Å². The molecular weight excluding hydrogens is 388 g/mol. The molecule has 29 heavy (non-hydrogen) atoms. The van der Waals surface area contributed by atoms with Gasteiger partial charge in [0, 0.05) is 6.54 Å². The summed E-state index contributed by atoms with van der Waals surface area (Å²) < 4.78 is 32.7. The molecule has 0 saturated heterocycles. The van der Waals surface area contributed by atoms with Crippen LogP contribution in [0.15, 0.2) is 53.4 Å². The van der Waals surface area contributed by atoms with Crippen molar-refractivity contribution in [3.8, 4) is 5.75 Å². The summed E-state index contributed by atoms with van der Waals surface area (Å²) in [4.78, 5) is 12.7. The number of nitrogens with one attached hydrogen (secondary N) is 1. The lowest BCUT2D eigenvalue weighted by atomic mass is 9.87. The van der Waals surface area contributed by atoms with Gasteiger partial charge >= 0.3 is 0 Å². The number of para-hydroxylation sites is 2. The predicted octanol–water partition coefficient (Wildman–Crippen LogP) is 4.03. The lowest BCUT2D eigenvalue weighted by Gasteiger charge is -2.23. The van der Waals surface area contributed by atoms with Crippen LogP contribution in [0.1, 0.15) is 39.7 Å². The summed E-state index contributed by atoms with van der Waals surface area (Å²) in [6, 6.07) is 13.9. The summed E-state index contributed by atoms with van der Waals surface area (Å²) in [7, 11) is -2.27. The summed E-state index contributed by atoms with van der Waals surface area (Å²) in [6.45, 7) is 8.08. The molecule has 7 heteroatoms. The van der Waals surface area contributed by atoms with E-state index in [4.69, 9.17) is 4.74 Å². The summed E-state index contributed by atoms with van der Waals surface area (Å²) >= 11 is 0. The number of hydrogen-bond donors (Lipinski definition) is 1. The molecule has 6 nitrogen and oxygen atoms in total. The maximum Gasteiger partial charge on any atom is 0.243 e. The molecule has 1 N–H and O–H groups in total. The van der Waals surface area contributed by atoms with E-state index in [0.29, 0.717) is 17.9 Å². The average Bonchev–Trinajstić information content (AvgIpc) is 2.67. The Morgan fingerprint density at radius 2 is 1.69 bits per heavy atom. The molecule has 2 aromatic carbocycles. The fourth-order valence-electron chi connectivity index (χ4n) is 2.91. The van der Waals surface area contributed by atoms with Crippen LogP contribution in [0.25, 0.3) is 0 Å². The Labute approximate surface area is 173 Å². The Kier molecular flexibility index (Phi) is 7.43. The largest absolute Gasteiger partial charge is 0.495 e. The number of nitrogens with zero attached hydrogens (tertiary/aromatic N) is 1. The van der Waals surface area contributed by atoms with E-state index < -0.39 is 15.9 Å². The van der Waals surface area contributed by atoms with Crippen molar-refractivity contribution in [2.24, 2.45) is 0 Å². The molecule has 0 fully saturated rings. The number of methoxy groups -OCH3 is 1. The first-order chi connectivity index (χ1) is 13.6. The van der Waals surface area contributed by atoms with E-state index in [2.05, 4.69) is 26.1 Å². The minimum Gasteiger partial charge on any atom is -0.495 e. The quantitative estimate of drug-likeness (QED) is 0.702. The van der Waals surface area contributed by atoms with E-state index in [1.807, 2.05) is 19.1 Å². The molecule has 0 unspecified atom stereocenters. The highest BCUT2D eigenvalue weighted by atomic mass is 32.2. The summed E-state index contributed by atoms with van der Waals surface area (Å²) in [5.74, 6) is 0.0985. The lowest BCUT2D eigenvalue weighted by Crippen LogP contribution is -2.38. The second kappa shape index (κ2) is 9.41. The highest BCUT2D eigenvalue weighted by Gasteiger charge is 2.27.